The van der Waals surface area contributed by atoms with E-state index in [9.17, 15) is 4.79 Å². The SMILES string of the molecule is CCCCOc1ccc(Br)cc1C1C(C(=O)Nc2cccc(C)c2)=C(C)Nc2nc(SCC)nn21. The number of amides is 1. The number of nitrogens with zero attached hydrogens (tertiary/aromatic N) is 3. The number of ether oxygens (including phenoxy) is 1. The molecule has 0 bridgehead atoms. The van der Waals surface area contributed by atoms with Crippen LogP contribution in [0.5, 0.6) is 5.75 Å². The van der Waals surface area contributed by atoms with E-state index < -0.39 is 6.04 Å². The van der Waals surface area contributed by atoms with Crippen LogP contribution in [0.3, 0.4) is 0 Å². The number of carbonyl (C=O) groups is 1. The minimum absolute atomic E-state index is 0.198. The largest absolute Gasteiger partial charge is 0.493 e. The molecule has 1 atom stereocenters. The Morgan fingerprint density at radius 1 is 1.23 bits per heavy atom. The molecule has 0 spiro atoms. The smallest absolute Gasteiger partial charge is 0.255 e. The number of hydrogen-bond donors (Lipinski definition) is 2. The van der Waals surface area contributed by atoms with Crippen molar-refractivity contribution in [3.8, 4) is 5.75 Å². The van der Waals surface area contributed by atoms with E-state index >= 15 is 0 Å². The molecule has 2 heterocycles. The number of unbranched alkanes of at least 4 members (excludes halogenated alkanes) is 1. The Morgan fingerprint density at radius 2 is 2.06 bits per heavy atom. The Morgan fingerprint density at radius 3 is 2.80 bits per heavy atom. The van der Waals surface area contributed by atoms with Gasteiger partial charge in [-0.3, -0.25) is 4.79 Å². The second-order valence-corrected chi connectivity index (χ2v) is 10.5. The molecule has 0 fully saturated rings. The van der Waals surface area contributed by atoms with E-state index in [4.69, 9.17) is 9.84 Å². The zero-order valence-electron chi connectivity index (χ0n) is 20.4. The lowest BCUT2D eigenvalue weighted by molar-refractivity contribution is -0.113. The summed E-state index contributed by atoms with van der Waals surface area (Å²) >= 11 is 5.17. The Kier molecular flexibility index (Phi) is 8.18. The highest BCUT2D eigenvalue weighted by Crippen LogP contribution is 2.41. The molecule has 4 rings (SSSR count). The lowest BCUT2D eigenvalue weighted by Gasteiger charge is -2.30. The van der Waals surface area contributed by atoms with Gasteiger partial charge in [0.25, 0.3) is 5.91 Å². The quantitative estimate of drug-likeness (QED) is 0.229. The number of benzene rings is 2. The molecule has 2 aromatic carbocycles. The van der Waals surface area contributed by atoms with Crippen molar-refractivity contribution in [3.05, 3.63) is 69.3 Å². The van der Waals surface area contributed by atoms with Gasteiger partial charge in [0.05, 0.1) is 12.2 Å². The molecule has 1 unspecified atom stereocenters. The molecule has 1 aliphatic rings. The highest BCUT2D eigenvalue weighted by molar-refractivity contribution is 9.10. The molecule has 2 N–H and O–H groups in total. The average molecular weight is 557 g/mol. The van der Waals surface area contributed by atoms with E-state index in [1.54, 1.807) is 16.4 Å². The third-order valence-corrected chi connectivity index (χ3v) is 6.86. The van der Waals surface area contributed by atoms with Gasteiger partial charge in [0.1, 0.15) is 11.8 Å². The predicted molar refractivity (Wildman–Crippen MR) is 145 cm³/mol. The molecule has 1 amide bonds. The van der Waals surface area contributed by atoms with Crippen LogP contribution in [0.25, 0.3) is 0 Å². The standard InChI is InChI=1S/C26H30BrN5O2S/c1-5-7-13-34-21-12-11-18(27)15-20(21)23-22(24(33)29-19-10-8-9-16(3)14-19)17(4)28-25-30-26(35-6-2)31-32(23)25/h8-12,14-15,23H,5-7,13H2,1-4H3,(H,29,33)(H,28,30,31). The fraction of sp³-hybridized carbons (Fsp3) is 0.346. The summed E-state index contributed by atoms with van der Waals surface area (Å²) in [6, 6.07) is 13.2. The molecule has 0 saturated carbocycles. The van der Waals surface area contributed by atoms with Crippen molar-refractivity contribution in [2.45, 2.75) is 51.7 Å². The van der Waals surface area contributed by atoms with Gasteiger partial charge in [-0.05, 0) is 61.9 Å². The number of aryl methyl sites for hydroxylation is 1. The van der Waals surface area contributed by atoms with Gasteiger partial charge < -0.3 is 15.4 Å². The first-order valence-corrected chi connectivity index (χ1v) is 13.6. The number of allylic oxidation sites excluding steroid dienone is 1. The van der Waals surface area contributed by atoms with Gasteiger partial charge in [-0.1, -0.05) is 60.1 Å². The molecule has 1 aromatic heterocycles. The van der Waals surface area contributed by atoms with Gasteiger partial charge in [-0.25, -0.2) is 4.68 Å². The summed E-state index contributed by atoms with van der Waals surface area (Å²) in [6.45, 7) is 8.70. The van der Waals surface area contributed by atoms with Crippen molar-refractivity contribution in [1.29, 1.82) is 0 Å². The fourth-order valence-corrected chi connectivity index (χ4v) is 4.95. The van der Waals surface area contributed by atoms with Crippen LogP contribution in [0.4, 0.5) is 11.6 Å². The van der Waals surface area contributed by atoms with Gasteiger partial charge in [-0.15, -0.1) is 5.10 Å². The lowest BCUT2D eigenvalue weighted by atomic mass is 9.94. The molecule has 35 heavy (non-hydrogen) atoms. The van der Waals surface area contributed by atoms with Crippen molar-refractivity contribution in [2.24, 2.45) is 0 Å². The molecule has 1 aliphatic heterocycles. The third kappa shape index (κ3) is 5.73. The van der Waals surface area contributed by atoms with Crippen molar-refractivity contribution < 1.29 is 9.53 Å². The van der Waals surface area contributed by atoms with Crippen LogP contribution < -0.4 is 15.4 Å². The summed E-state index contributed by atoms with van der Waals surface area (Å²) in [6.07, 6.45) is 1.98. The summed E-state index contributed by atoms with van der Waals surface area (Å²) in [5.41, 5.74) is 3.97. The normalized spacial score (nSPS) is 14.9. The van der Waals surface area contributed by atoms with E-state index in [0.717, 1.165) is 51.3 Å². The van der Waals surface area contributed by atoms with Crippen LogP contribution in [0, 0.1) is 6.92 Å². The van der Waals surface area contributed by atoms with E-state index in [1.807, 2.05) is 56.3 Å². The van der Waals surface area contributed by atoms with Crippen molar-refractivity contribution in [2.75, 3.05) is 23.0 Å². The van der Waals surface area contributed by atoms with Gasteiger partial charge >= 0.3 is 0 Å². The van der Waals surface area contributed by atoms with E-state index in [1.165, 1.54) is 0 Å². The highest BCUT2D eigenvalue weighted by Gasteiger charge is 2.36. The number of nitrogens with one attached hydrogen (secondary N) is 2. The zero-order chi connectivity index (χ0) is 24.9. The molecule has 0 aliphatic carbocycles. The fourth-order valence-electron chi connectivity index (χ4n) is 4.02. The van der Waals surface area contributed by atoms with Gasteiger partial charge in [0, 0.05) is 21.4 Å². The second kappa shape index (κ2) is 11.3. The number of fused-ring (bicyclic) bond motifs is 1. The van der Waals surface area contributed by atoms with E-state index in [2.05, 4.69) is 45.4 Å². The maximum Gasteiger partial charge on any atom is 0.255 e. The first-order valence-electron chi connectivity index (χ1n) is 11.8. The van der Waals surface area contributed by atoms with Crippen LogP contribution >= 0.6 is 27.7 Å². The Labute approximate surface area is 218 Å². The lowest BCUT2D eigenvalue weighted by Crippen LogP contribution is -2.31. The molecule has 0 radical (unpaired) electrons. The Bertz CT molecular complexity index is 1260. The average Bonchev–Trinajstić information content (AvgIpc) is 3.21. The van der Waals surface area contributed by atoms with Crippen molar-refractivity contribution >= 4 is 45.2 Å². The number of thioether (sulfide) groups is 1. The summed E-state index contributed by atoms with van der Waals surface area (Å²) in [5, 5.41) is 11.8. The maximum absolute atomic E-state index is 13.7. The molecular formula is C26H30BrN5O2S. The van der Waals surface area contributed by atoms with Crippen LogP contribution in [0.1, 0.15) is 50.8 Å². The summed E-state index contributed by atoms with van der Waals surface area (Å²) in [4.78, 5) is 18.4. The molecule has 7 nitrogen and oxygen atoms in total. The van der Waals surface area contributed by atoms with Gasteiger partial charge in [0.15, 0.2) is 0 Å². The van der Waals surface area contributed by atoms with Gasteiger partial charge in [0.2, 0.25) is 11.1 Å². The minimum atomic E-state index is -0.510. The number of rotatable bonds is 9. The number of hydrogen-bond acceptors (Lipinski definition) is 6. The summed E-state index contributed by atoms with van der Waals surface area (Å²) in [5.74, 6) is 1.99. The van der Waals surface area contributed by atoms with E-state index in [-0.39, 0.29) is 5.91 Å². The summed E-state index contributed by atoms with van der Waals surface area (Å²) < 4.78 is 8.88. The second-order valence-electron chi connectivity index (χ2n) is 8.37. The van der Waals surface area contributed by atoms with Crippen LogP contribution in [-0.4, -0.2) is 33.0 Å². The number of anilines is 2. The minimum Gasteiger partial charge on any atom is -0.493 e. The predicted octanol–water partition coefficient (Wildman–Crippen LogP) is 6.57. The Balaban J connectivity index is 1.82. The first-order chi connectivity index (χ1) is 16.9. The molecule has 184 valence electrons. The topological polar surface area (TPSA) is 81.1 Å². The number of halogens is 1. The number of aromatic nitrogens is 3. The van der Waals surface area contributed by atoms with Crippen molar-refractivity contribution in [1.82, 2.24) is 14.8 Å². The third-order valence-electron chi connectivity index (χ3n) is 5.65. The monoisotopic (exact) mass is 555 g/mol. The number of carbonyl (C=O) groups excluding carboxylic acids is 1. The van der Waals surface area contributed by atoms with Crippen LogP contribution in [-0.2, 0) is 4.79 Å². The first kappa shape index (κ1) is 25.3. The van der Waals surface area contributed by atoms with E-state index in [0.29, 0.717) is 23.3 Å². The van der Waals surface area contributed by atoms with Gasteiger partial charge in [-0.2, -0.15) is 4.98 Å². The molecular weight excluding hydrogens is 526 g/mol. The highest BCUT2D eigenvalue weighted by atomic mass is 79.9. The zero-order valence-corrected chi connectivity index (χ0v) is 22.8. The molecule has 3 aromatic rings. The van der Waals surface area contributed by atoms with Crippen molar-refractivity contribution in [3.63, 3.8) is 0 Å². The molecule has 0 saturated heterocycles. The Hall–Kier alpha value is -2.78. The van der Waals surface area contributed by atoms with Crippen LogP contribution in [0.15, 0.2) is 63.4 Å². The molecule has 9 heteroatoms. The van der Waals surface area contributed by atoms with Crippen LogP contribution in [0.2, 0.25) is 0 Å². The maximum atomic E-state index is 13.7. The summed E-state index contributed by atoms with van der Waals surface area (Å²) in [7, 11) is 0.